The second kappa shape index (κ2) is 16.1. The van der Waals surface area contributed by atoms with Crippen LogP contribution in [0.15, 0.2) is 24.3 Å². The minimum atomic E-state index is -0.839. The number of hydrogen-bond donors (Lipinski definition) is 0. The first-order chi connectivity index (χ1) is 10.1. The van der Waals surface area contributed by atoms with Crippen molar-refractivity contribution in [2.24, 2.45) is 0 Å². The van der Waals surface area contributed by atoms with Gasteiger partial charge in [0.2, 0.25) is 0 Å². The molecule has 0 fully saturated rings. The molecular weight excluding hydrogens is 541 g/mol. The van der Waals surface area contributed by atoms with Gasteiger partial charge in [0.05, 0.1) is 0 Å². The first-order valence-corrected chi connectivity index (χ1v) is 16.4. The van der Waals surface area contributed by atoms with Crippen LogP contribution in [0, 0.1) is 3.57 Å². The molecule has 3 heteroatoms. The van der Waals surface area contributed by atoms with E-state index in [0.717, 1.165) is 0 Å². The molecule has 1 aromatic carbocycles. The van der Waals surface area contributed by atoms with E-state index in [-0.39, 0.29) is 0 Å². The summed E-state index contributed by atoms with van der Waals surface area (Å²) in [6, 6.07) is 8.27. The van der Waals surface area contributed by atoms with E-state index in [0.29, 0.717) is 0 Å². The second-order valence-electron chi connectivity index (χ2n) is 5.51. The van der Waals surface area contributed by atoms with Gasteiger partial charge in [0.1, 0.15) is 0 Å². The van der Waals surface area contributed by atoms with E-state index in [4.69, 9.17) is 0 Å². The van der Waals surface area contributed by atoms with Crippen molar-refractivity contribution in [2.45, 2.75) is 72.6 Å². The first kappa shape index (κ1) is 22.3. The molecule has 0 saturated carbocycles. The summed E-state index contributed by atoms with van der Waals surface area (Å²) >= 11 is 4.37. The van der Waals surface area contributed by atoms with Crippen molar-refractivity contribution >= 4 is 62.8 Å². The third-order valence-corrected chi connectivity index (χ3v) is 13.8. The predicted octanol–water partition coefficient (Wildman–Crippen LogP) is 5.97. The second-order valence-corrected chi connectivity index (χ2v) is 16.3. The van der Waals surface area contributed by atoms with E-state index in [2.05, 4.69) is 83.6 Å². The van der Waals surface area contributed by atoms with Crippen LogP contribution in [-0.4, -0.2) is 35.8 Å². The third kappa shape index (κ3) is 14.6. The summed E-state index contributed by atoms with van der Waals surface area (Å²) in [7, 11) is 0. The van der Waals surface area contributed by atoms with Gasteiger partial charge in [-0.2, -0.15) is 0 Å². The fourth-order valence-corrected chi connectivity index (χ4v) is 12.2. The maximum absolute atomic E-state index is 2.93. The molecule has 0 N–H and O–H groups in total. The molecule has 0 aliphatic carbocycles. The summed E-state index contributed by atoms with van der Waals surface area (Å²) in [5, 5.41) is 0. The average Bonchev–Trinajstić information content (AvgIpc) is 2.50. The Morgan fingerprint density at radius 3 is 1.48 bits per heavy atom. The molecule has 0 aliphatic rings. The molecule has 0 atom stereocenters. The Morgan fingerprint density at radius 2 is 1.19 bits per heavy atom. The van der Waals surface area contributed by atoms with Crippen LogP contribution in [0.3, 0.4) is 0 Å². The van der Waals surface area contributed by atoms with Gasteiger partial charge in [-0.25, -0.2) is 0 Å². The predicted molar refractivity (Wildman–Crippen MR) is 109 cm³/mol. The van der Waals surface area contributed by atoms with Crippen molar-refractivity contribution < 1.29 is 0 Å². The maximum atomic E-state index is 2.93. The molecule has 120 valence electrons. The Bertz CT molecular complexity index is 286. The van der Waals surface area contributed by atoms with Gasteiger partial charge in [0.15, 0.2) is 0 Å². The van der Waals surface area contributed by atoms with E-state index in [1.165, 1.54) is 46.6 Å². The molecule has 1 rings (SSSR count). The van der Waals surface area contributed by atoms with E-state index in [1.54, 1.807) is 13.3 Å². The minimum absolute atomic E-state index is 0.839. The van der Waals surface area contributed by atoms with Crippen molar-refractivity contribution in [1.29, 1.82) is 0 Å². The summed E-state index contributed by atoms with van der Waals surface area (Å²) in [5.74, 6) is 0. The Hall–Kier alpha value is 1.27. The van der Waals surface area contributed by atoms with Gasteiger partial charge in [-0.3, -0.25) is 0 Å². The van der Waals surface area contributed by atoms with Crippen molar-refractivity contribution in [3.05, 3.63) is 27.8 Å². The zero-order valence-corrected chi connectivity index (χ0v) is 20.7. The Morgan fingerprint density at radius 1 is 0.810 bits per heavy atom. The van der Waals surface area contributed by atoms with Gasteiger partial charge >= 0.3 is 163 Å². The summed E-state index contributed by atoms with van der Waals surface area (Å²) in [4.78, 5) is 0. The van der Waals surface area contributed by atoms with Crippen LogP contribution in [0.5, 0.6) is 0 Å². The Kier molecular flexibility index (Phi) is 17.1. The zero-order valence-electron chi connectivity index (χ0n) is 14.0. The molecule has 0 unspecified atom stereocenters. The van der Waals surface area contributed by atoms with Crippen LogP contribution in [0.1, 0.15) is 59.3 Å². The van der Waals surface area contributed by atoms with Gasteiger partial charge < -0.3 is 0 Å². The van der Waals surface area contributed by atoms with Crippen molar-refractivity contribution in [2.75, 3.05) is 0 Å². The van der Waals surface area contributed by atoms with Crippen LogP contribution in [0.4, 0.5) is 0 Å². The standard InChI is InChI=1S/C6H4ISe.3C4H9.Sn/c7-5-1-3-6(8)4-2-5;3*1-3-4-2;/h1-4H;3*1,3-4H2,2H3;. The number of unbranched alkanes of at least 4 members (excludes halogenated alkanes) is 3. The fourth-order valence-electron chi connectivity index (χ4n) is 2.09. The normalized spacial score (nSPS) is 10.3. The van der Waals surface area contributed by atoms with Gasteiger partial charge in [-0.15, -0.1) is 0 Å². The summed E-state index contributed by atoms with van der Waals surface area (Å²) in [6.07, 6.45) is 8.85. The SMILES string of the molecule is CCC[CH2][Sn]([CH2]CCC)[CH2]CCC.[Se]c1ccc(I)cc1. The molecule has 0 bridgehead atoms. The van der Waals surface area contributed by atoms with Crippen LogP contribution >= 0.6 is 22.6 Å². The van der Waals surface area contributed by atoms with Gasteiger partial charge in [-0.1, -0.05) is 0 Å². The summed E-state index contributed by atoms with van der Waals surface area (Å²) in [6.45, 7) is 7.00. The summed E-state index contributed by atoms with van der Waals surface area (Å²) < 4.78 is 7.52. The Labute approximate surface area is 161 Å². The number of halogens is 1. The van der Waals surface area contributed by atoms with E-state index in [9.17, 15) is 0 Å². The molecular formula is C18H31ISeSn. The van der Waals surface area contributed by atoms with Crippen molar-refractivity contribution in [3.8, 4) is 0 Å². The van der Waals surface area contributed by atoms with Crippen LogP contribution < -0.4 is 4.46 Å². The molecule has 2 radical (unpaired) electrons. The number of benzene rings is 1. The first-order valence-electron chi connectivity index (χ1n) is 8.40. The zero-order chi connectivity index (χ0) is 15.9. The molecule has 0 nitrogen and oxygen atoms in total. The van der Waals surface area contributed by atoms with E-state index >= 15 is 0 Å². The van der Waals surface area contributed by atoms with Crippen molar-refractivity contribution in [1.82, 2.24) is 0 Å². The van der Waals surface area contributed by atoms with E-state index < -0.39 is 19.8 Å². The fraction of sp³-hybridized carbons (Fsp3) is 0.667. The van der Waals surface area contributed by atoms with Gasteiger partial charge in [0, 0.05) is 0 Å². The topological polar surface area (TPSA) is 0 Å². The van der Waals surface area contributed by atoms with E-state index in [1.807, 2.05) is 0 Å². The number of rotatable bonds is 9. The monoisotopic (exact) mass is 574 g/mol. The van der Waals surface area contributed by atoms with Crippen LogP contribution in [0.2, 0.25) is 13.3 Å². The van der Waals surface area contributed by atoms with Gasteiger partial charge in [-0.05, 0) is 0 Å². The number of hydrogen-bond acceptors (Lipinski definition) is 0. The summed E-state index contributed by atoms with van der Waals surface area (Å²) in [5.41, 5.74) is 0. The average molecular weight is 572 g/mol. The van der Waals surface area contributed by atoms with Crippen LogP contribution in [0.25, 0.3) is 0 Å². The molecule has 0 saturated heterocycles. The molecule has 1 aromatic rings. The molecule has 0 heterocycles. The molecule has 21 heavy (non-hydrogen) atoms. The van der Waals surface area contributed by atoms with Crippen molar-refractivity contribution in [3.63, 3.8) is 0 Å². The molecule has 0 aliphatic heterocycles. The third-order valence-electron chi connectivity index (χ3n) is 3.47. The Balaban J connectivity index is 0.000000423. The molecule has 0 amide bonds. The quantitative estimate of drug-likeness (QED) is 0.253. The van der Waals surface area contributed by atoms with Crippen LogP contribution in [-0.2, 0) is 0 Å². The van der Waals surface area contributed by atoms with Gasteiger partial charge in [0.25, 0.3) is 0 Å². The molecule has 0 aromatic heterocycles. The molecule has 0 spiro atoms.